The van der Waals surface area contributed by atoms with Crippen LogP contribution < -0.4 is 0 Å². The van der Waals surface area contributed by atoms with E-state index in [-0.39, 0.29) is 11.5 Å². The quantitative estimate of drug-likeness (QED) is 0.683. The van der Waals surface area contributed by atoms with Gasteiger partial charge >= 0.3 is 0 Å². The molecule has 2 rings (SSSR count). The monoisotopic (exact) mass is 198 g/mol. The van der Waals surface area contributed by atoms with Gasteiger partial charge < -0.3 is 14.6 Å². The first kappa shape index (κ1) is 10.1. The van der Waals surface area contributed by atoms with E-state index in [2.05, 4.69) is 6.58 Å². The van der Waals surface area contributed by atoms with Crippen LogP contribution in [0.4, 0.5) is 0 Å². The molecule has 1 aliphatic carbocycles. The van der Waals surface area contributed by atoms with Gasteiger partial charge in [-0.05, 0) is 12.8 Å². The Hall–Kier alpha value is -0.380. The third-order valence-corrected chi connectivity index (χ3v) is 3.67. The van der Waals surface area contributed by atoms with Crippen LogP contribution in [0.5, 0.6) is 0 Å². The summed E-state index contributed by atoms with van der Waals surface area (Å²) in [5.41, 5.74) is -0.328. The molecule has 2 unspecified atom stereocenters. The van der Waals surface area contributed by atoms with Crippen molar-refractivity contribution in [1.29, 1.82) is 0 Å². The van der Waals surface area contributed by atoms with Gasteiger partial charge in [0.05, 0.1) is 24.7 Å². The fraction of sp³-hybridized carbons (Fsp3) is 0.818. The standard InChI is InChI=1S/C11H18O3/c1-3-5-10(2)9(12)4-6-11(10)13-7-8-14-11/h3,9,12H,1,4-8H2,2H3. The summed E-state index contributed by atoms with van der Waals surface area (Å²) in [6.07, 6.45) is 3.76. The second kappa shape index (κ2) is 3.33. The van der Waals surface area contributed by atoms with E-state index in [1.54, 1.807) is 0 Å². The van der Waals surface area contributed by atoms with Crippen molar-refractivity contribution >= 4 is 0 Å². The second-order valence-corrected chi connectivity index (χ2v) is 4.41. The Kier molecular flexibility index (Phi) is 2.41. The first-order valence-corrected chi connectivity index (χ1v) is 5.21. The Bertz CT molecular complexity index is 233. The van der Waals surface area contributed by atoms with E-state index in [1.165, 1.54) is 0 Å². The predicted molar refractivity (Wildman–Crippen MR) is 52.8 cm³/mol. The lowest BCUT2D eigenvalue weighted by Gasteiger charge is -2.40. The van der Waals surface area contributed by atoms with E-state index < -0.39 is 5.79 Å². The molecule has 0 aromatic heterocycles. The third kappa shape index (κ3) is 1.16. The van der Waals surface area contributed by atoms with Crippen LogP contribution in [0.2, 0.25) is 0 Å². The molecule has 2 atom stereocenters. The zero-order valence-electron chi connectivity index (χ0n) is 8.66. The third-order valence-electron chi connectivity index (χ3n) is 3.67. The molecule has 0 aromatic carbocycles. The number of hydrogen-bond donors (Lipinski definition) is 1. The highest BCUT2D eigenvalue weighted by Crippen LogP contribution is 2.53. The van der Waals surface area contributed by atoms with Gasteiger partial charge in [-0.3, -0.25) is 0 Å². The summed E-state index contributed by atoms with van der Waals surface area (Å²) in [5, 5.41) is 10.00. The molecule has 3 heteroatoms. The first-order chi connectivity index (χ1) is 6.65. The highest BCUT2D eigenvalue weighted by Gasteiger charge is 2.60. The highest BCUT2D eigenvalue weighted by atomic mass is 16.7. The van der Waals surface area contributed by atoms with Gasteiger partial charge in [0.1, 0.15) is 0 Å². The van der Waals surface area contributed by atoms with Crippen molar-refractivity contribution < 1.29 is 14.6 Å². The molecule has 0 amide bonds. The molecule has 0 aromatic rings. The molecule has 14 heavy (non-hydrogen) atoms. The minimum Gasteiger partial charge on any atom is -0.392 e. The maximum absolute atomic E-state index is 10.00. The lowest BCUT2D eigenvalue weighted by atomic mass is 9.78. The van der Waals surface area contributed by atoms with E-state index in [1.807, 2.05) is 13.0 Å². The van der Waals surface area contributed by atoms with Gasteiger partial charge in [0.15, 0.2) is 5.79 Å². The normalized spacial score (nSPS) is 40.6. The van der Waals surface area contributed by atoms with Crippen LogP contribution in [0.1, 0.15) is 26.2 Å². The lowest BCUT2D eigenvalue weighted by Crippen LogP contribution is -2.47. The Morgan fingerprint density at radius 2 is 2.14 bits per heavy atom. The molecule has 1 saturated carbocycles. The number of allylic oxidation sites excluding steroid dienone is 1. The summed E-state index contributed by atoms with van der Waals surface area (Å²) in [6, 6.07) is 0. The molecule has 3 nitrogen and oxygen atoms in total. The van der Waals surface area contributed by atoms with Gasteiger partial charge in [0.2, 0.25) is 0 Å². The van der Waals surface area contributed by atoms with Gasteiger partial charge in [-0.15, -0.1) is 6.58 Å². The number of aliphatic hydroxyl groups excluding tert-OH is 1. The van der Waals surface area contributed by atoms with Crippen molar-refractivity contribution in [3.8, 4) is 0 Å². The van der Waals surface area contributed by atoms with Crippen molar-refractivity contribution in [2.75, 3.05) is 13.2 Å². The van der Waals surface area contributed by atoms with Crippen LogP contribution in [0, 0.1) is 5.41 Å². The van der Waals surface area contributed by atoms with Crippen LogP contribution in [0.15, 0.2) is 12.7 Å². The van der Waals surface area contributed by atoms with Crippen LogP contribution in [-0.4, -0.2) is 30.2 Å². The molecule has 1 N–H and O–H groups in total. The van der Waals surface area contributed by atoms with Crippen LogP contribution >= 0.6 is 0 Å². The van der Waals surface area contributed by atoms with Crippen molar-refractivity contribution in [2.45, 2.75) is 38.1 Å². The maximum atomic E-state index is 10.00. The number of ether oxygens (including phenoxy) is 2. The summed E-state index contributed by atoms with van der Waals surface area (Å²) in [4.78, 5) is 0. The second-order valence-electron chi connectivity index (χ2n) is 4.41. The van der Waals surface area contributed by atoms with Crippen molar-refractivity contribution in [2.24, 2.45) is 5.41 Å². The molecule has 2 fully saturated rings. The molecular weight excluding hydrogens is 180 g/mol. The average Bonchev–Trinajstić information content (AvgIpc) is 2.71. The molecule has 1 saturated heterocycles. The minimum absolute atomic E-state index is 0.328. The number of rotatable bonds is 2. The Labute approximate surface area is 84.7 Å². The molecule has 80 valence electrons. The molecule has 1 aliphatic heterocycles. The highest BCUT2D eigenvalue weighted by molar-refractivity contribution is 5.06. The Balaban J connectivity index is 2.28. The lowest BCUT2D eigenvalue weighted by molar-refractivity contribution is -0.229. The molecule has 0 radical (unpaired) electrons. The zero-order chi connectivity index (χ0) is 10.2. The fourth-order valence-electron chi connectivity index (χ4n) is 2.70. The molecule has 1 heterocycles. The topological polar surface area (TPSA) is 38.7 Å². The van der Waals surface area contributed by atoms with Crippen LogP contribution in [-0.2, 0) is 9.47 Å². The largest absolute Gasteiger partial charge is 0.392 e. The van der Waals surface area contributed by atoms with Gasteiger partial charge in [-0.2, -0.15) is 0 Å². The zero-order valence-corrected chi connectivity index (χ0v) is 8.66. The van der Waals surface area contributed by atoms with Gasteiger partial charge in [-0.25, -0.2) is 0 Å². The van der Waals surface area contributed by atoms with Gasteiger partial charge in [0.25, 0.3) is 0 Å². The van der Waals surface area contributed by atoms with E-state index in [4.69, 9.17) is 9.47 Å². The van der Waals surface area contributed by atoms with E-state index >= 15 is 0 Å². The first-order valence-electron chi connectivity index (χ1n) is 5.21. The molecule has 2 aliphatic rings. The summed E-state index contributed by atoms with van der Waals surface area (Å²) in [5.74, 6) is -0.555. The van der Waals surface area contributed by atoms with Crippen LogP contribution in [0.3, 0.4) is 0 Å². The van der Waals surface area contributed by atoms with Crippen LogP contribution in [0.25, 0.3) is 0 Å². The summed E-state index contributed by atoms with van der Waals surface area (Å²) in [7, 11) is 0. The number of aliphatic hydroxyl groups is 1. The van der Waals surface area contributed by atoms with Gasteiger partial charge in [-0.1, -0.05) is 13.0 Å². The summed E-state index contributed by atoms with van der Waals surface area (Å²) >= 11 is 0. The van der Waals surface area contributed by atoms with E-state index in [0.717, 1.165) is 19.3 Å². The van der Waals surface area contributed by atoms with Gasteiger partial charge in [0, 0.05) is 6.42 Å². The molecule has 0 bridgehead atoms. The molecule has 1 spiro atoms. The van der Waals surface area contributed by atoms with Crippen molar-refractivity contribution in [1.82, 2.24) is 0 Å². The van der Waals surface area contributed by atoms with Crippen molar-refractivity contribution in [3.05, 3.63) is 12.7 Å². The Morgan fingerprint density at radius 3 is 2.71 bits per heavy atom. The predicted octanol–water partition coefficient (Wildman–Crippen LogP) is 1.47. The Morgan fingerprint density at radius 1 is 1.50 bits per heavy atom. The average molecular weight is 198 g/mol. The number of hydrogen-bond acceptors (Lipinski definition) is 3. The summed E-state index contributed by atoms with van der Waals surface area (Å²) in [6.45, 7) is 7.04. The SMILES string of the molecule is C=CCC1(C)C(O)CCC12OCCO2. The molecular formula is C11H18O3. The van der Waals surface area contributed by atoms with E-state index in [9.17, 15) is 5.11 Å². The fourth-order valence-corrected chi connectivity index (χ4v) is 2.70. The maximum Gasteiger partial charge on any atom is 0.176 e. The smallest absolute Gasteiger partial charge is 0.176 e. The summed E-state index contributed by atoms with van der Waals surface area (Å²) < 4.78 is 11.4. The van der Waals surface area contributed by atoms with E-state index in [0.29, 0.717) is 13.2 Å². The van der Waals surface area contributed by atoms with Crippen molar-refractivity contribution in [3.63, 3.8) is 0 Å². The minimum atomic E-state index is -0.555.